The first-order valence-electron chi connectivity index (χ1n) is 12.3. The second-order valence-corrected chi connectivity index (χ2v) is 9.89. The first-order valence-corrected chi connectivity index (χ1v) is 12.7. The van der Waals surface area contributed by atoms with Crippen molar-refractivity contribution in [1.82, 2.24) is 10.2 Å². The molecule has 0 aromatic heterocycles. The number of halogens is 1. The van der Waals surface area contributed by atoms with E-state index in [1.165, 1.54) is 0 Å². The Balaban J connectivity index is 2.24. The molecule has 2 amide bonds. The van der Waals surface area contributed by atoms with Crippen LogP contribution in [0.2, 0.25) is 5.02 Å². The molecule has 0 aliphatic carbocycles. The maximum atomic E-state index is 13.5. The molecule has 0 spiro atoms. The summed E-state index contributed by atoms with van der Waals surface area (Å²) in [5, 5.41) is 3.66. The van der Waals surface area contributed by atoms with Crippen LogP contribution >= 0.6 is 11.6 Å². The molecule has 0 saturated heterocycles. The van der Waals surface area contributed by atoms with Gasteiger partial charge in [0, 0.05) is 23.5 Å². The number of amides is 2. The van der Waals surface area contributed by atoms with Crippen LogP contribution in [0.3, 0.4) is 0 Å². The van der Waals surface area contributed by atoms with E-state index in [1.54, 1.807) is 17.0 Å². The van der Waals surface area contributed by atoms with Crippen molar-refractivity contribution in [2.45, 2.75) is 78.9 Å². The molecular weight excluding hydrogens is 464 g/mol. The van der Waals surface area contributed by atoms with Crippen molar-refractivity contribution < 1.29 is 19.1 Å². The molecule has 0 aliphatic rings. The van der Waals surface area contributed by atoms with E-state index in [-0.39, 0.29) is 18.2 Å². The first-order chi connectivity index (χ1) is 16.6. The Morgan fingerprint density at radius 3 is 2.11 bits per heavy atom. The monoisotopic (exact) mass is 502 g/mol. The van der Waals surface area contributed by atoms with E-state index < -0.39 is 11.6 Å². The molecular formula is C28H39ClN2O4. The molecule has 0 radical (unpaired) electrons. The van der Waals surface area contributed by atoms with Crippen LogP contribution in [0.1, 0.15) is 65.5 Å². The highest BCUT2D eigenvalue weighted by Gasteiger charge is 2.30. The number of nitrogens with one attached hydrogen (secondary N) is 1. The summed E-state index contributed by atoms with van der Waals surface area (Å²) in [6.45, 7) is 13.0. The van der Waals surface area contributed by atoms with Gasteiger partial charge in [0.25, 0.3) is 0 Å². The van der Waals surface area contributed by atoms with Crippen LogP contribution < -0.4 is 14.8 Å². The summed E-state index contributed by atoms with van der Waals surface area (Å²) < 4.78 is 11.4. The largest absolute Gasteiger partial charge is 0.490 e. The smallest absolute Gasteiger partial charge is 0.243 e. The highest BCUT2D eigenvalue weighted by Crippen LogP contribution is 2.29. The van der Waals surface area contributed by atoms with E-state index in [0.29, 0.717) is 49.1 Å². The number of benzene rings is 2. The molecule has 0 bridgehead atoms. The number of carbonyl (C=O) groups excluding carboxylic acids is 2. The van der Waals surface area contributed by atoms with Crippen molar-refractivity contribution in [3.05, 3.63) is 58.6 Å². The third-order valence-electron chi connectivity index (χ3n) is 5.39. The highest BCUT2D eigenvalue weighted by atomic mass is 35.5. The third-order valence-corrected chi connectivity index (χ3v) is 5.64. The normalized spacial score (nSPS) is 12.1. The highest BCUT2D eigenvalue weighted by molar-refractivity contribution is 6.30. The summed E-state index contributed by atoms with van der Waals surface area (Å²) in [5.74, 6) is 1.14. The SMILES string of the molecule is CCOc1ccc(CCC(=O)N(Cc2ccc(Cl)cc2)C(CC)C(=O)NC(C)(C)C)cc1OCC. The van der Waals surface area contributed by atoms with Crippen LogP contribution in [0.5, 0.6) is 11.5 Å². The zero-order valence-electron chi connectivity index (χ0n) is 21.8. The summed E-state index contributed by atoms with van der Waals surface area (Å²) in [4.78, 5) is 28.3. The van der Waals surface area contributed by atoms with Gasteiger partial charge in [-0.05, 0) is 82.9 Å². The van der Waals surface area contributed by atoms with Gasteiger partial charge in [0.05, 0.1) is 13.2 Å². The lowest BCUT2D eigenvalue weighted by Crippen LogP contribution is -2.53. The summed E-state index contributed by atoms with van der Waals surface area (Å²) >= 11 is 6.04. The van der Waals surface area contributed by atoms with Crippen molar-refractivity contribution in [2.75, 3.05) is 13.2 Å². The van der Waals surface area contributed by atoms with Gasteiger partial charge in [-0.3, -0.25) is 9.59 Å². The standard InChI is InChI=1S/C28H39ClN2O4/c1-7-23(27(33)30-28(4,5)6)31(19-21-10-14-22(29)15-11-21)26(32)17-13-20-12-16-24(34-8-2)25(18-20)35-9-3/h10-12,14-16,18,23H,7-9,13,17,19H2,1-6H3,(H,30,33). The van der Waals surface area contributed by atoms with Crippen LogP contribution in [-0.2, 0) is 22.6 Å². The van der Waals surface area contributed by atoms with Crippen molar-refractivity contribution in [3.63, 3.8) is 0 Å². The summed E-state index contributed by atoms with van der Waals surface area (Å²) in [5.41, 5.74) is 1.51. The Kier molecular flexibility index (Phi) is 10.9. The fourth-order valence-electron chi connectivity index (χ4n) is 3.80. The van der Waals surface area contributed by atoms with E-state index >= 15 is 0 Å². The van der Waals surface area contributed by atoms with Gasteiger partial charge in [0.1, 0.15) is 6.04 Å². The molecule has 1 N–H and O–H groups in total. The third kappa shape index (κ3) is 9.10. The summed E-state index contributed by atoms with van der Waals surface area (Å²) in [6.07, 6.45) is 1.31. The van der Waals surface area contributed by atoms with Crippen LogP contribution in [0.25, 0.3) is 0 Å². The average Bonchev–Trinajstić information content (AvgIpc) is 2.79. The molecule has 2 rings (SSSR count). The molecule has 35 heavy (non-hydrogen) atoms. The lowest BCUT2D eigenvalue weighted by Gasteiger charge is -2.33. The minimum atomic E-state index is -0.572. The Bertz CT molecular complexity index is 970. The van der Waals surface area contributed by atoms with E-state index in [9.17, 15) is 9.59 Å². The number of rotatable bonds is 12. The lowest BCUT2D eigenvalue weighted by molar-refractivity contribution is -0.142. The van der Waals surface area contributed by atoms with Gasteiger partial charge in [0.2, 0.25) is 11.8 Å². The fourth-order valence-corrected chi connectivity index (χ4v) is 3.93. The predicted molar refractivity (Wildman–Crippen MR) is 141 cm³/mol. The van der Waals surface area contributed by atoms with Crippen LogP contribution in [0.15, 0.2) is 42.5 Å². The zero-order chi connectivity index (χ0) is 26.0. The summed E-state index contributed by atoms with van der Waals surface area (Å²) in [7, 11) is 0. The van der Waals surface area contributed by atoms with E-state index in [2.05, 4.69) is 5.32 Å². The maximum Gasteiger partial charge on any atom is 0.243 e. The molecule has 192 valence electrons. The van der Waals surface area contributed by atoms with Crippen LogP contribution in [-0.4, -0.2) is 41.5 Å². The van der Waals surface area contributed by atoms with Gasteiger partial charge in [-0.15, -0.1) is 0 Å². The Hall–Kier alpha value is -2.73. The molecule has 0 saturated carbocycles. The second kappa shape index (κ2) is 13.4. The molecule has 7 heteroatoms. The maximum absolute atomic E-state index is 13.5. The number of carbonyl (C=O) groups is 2. The first kappa shape index (κ1) is 28.5. The van der Waals surface area contributed by atoms with E-state index in [1.807, 2.05) is 71.9 Å². The predicted octanol–water partition coefficient (Wildman–Crippen LogP) is 5.79. The van der Waals surface area contributed by atoms with Gasteiger partial charge < -0.3 is 19.7 Å². The number of aryl methyl sites for hydroxylation is 1. The van der Waals surface area contributed by atoms with Crippen LogP contribution in [0.4, 0.5) is 0 Å². The zero-order valence-corrected chi connectivity index (χ0v) is 22.6. The number of ether oxygens (including phenoxy) is 2. The second-order valence-electron chi connectivity index (χ2n) is 9.46. The topological polar surface area (TPSA) is 67.9 Å². The van der Waals surface area contributed by atoms with Crippen molar-refractivity contribution in [2.24, 2.45) is 0 Å². The van der Waals surface area contributed by atoms with E-state index in [4.69, 9.17) is 21.1 Å². The molecule has 1 unspecified atom stereocenters. The molecule has 0 heterocycles. The molecule has 0 aliphatic heterocycles. The lowest BCUT2D eigenvalue weighted by atomic mass is 10.0. The fraction of sp³-hybridized carbons (Fsp3) is 0.500. The number of hydrogen-bond acceptors (Lipinski definition) is 4. The van der Waals surface area contributed by atoms with Gasteiger partial charge in [0.15, 0.2) is 11.5 Å². The summed E-state index contributed by atoms with van der Waals surface area (Å²) in [6, 6.07) is 12.6. The van der Waals surface area contributed by atoms with Crippen LogP contribution in [0, 0.1) is 0 Å². The Morgan fingerprint density at radius 2 is 1.54 bits per heavy atom. The van der Waals surface area contributed by atoms with Crippen molar-refractivity contribution in [3.8, 4) is 11.5 Å². The minimum absolute atomic E-state index is 0.0808. The number of hydrogen-bond donors (Lipinski definition) is 1. The van der Waals surface area contributed by atoms with Gasteiger partial charge >= 0.3 is 0 Å². The molecule has 2 aromatic carbocycles. The van der Waals surface area contributed by atoms with E-state index in [0.717, 1.165) is 11.1 Å². The Labute approximate surface area is 214 Å². The molecule has 1 atom stereocenters. The molecule has 2 aromatic rings. The molecule has 0 fully saturated rings. The average molecular weight is 503 g/mol. The van der Waals surface area contributed by atoms with Gasteiger partial charge in [-0.25, -0.2) is 0 Å². The quantitative estimate of drug-likeness (QED) is 0.398. The van der Waals surface area contributed by atoms with Crippen molar-refractivity contribution >= 4 is 23.4 Å². The number of nitrogens with zero attached hydrogens (tertiary/aromatic N) is 1. The minimum Gasteiger partial charge on any atom is -0.490 e. The molecule has 6 nitrogen and oxygen atoms in total. The Morgan fingerprint density at radius 1 is 0.943 bits per heavy atom. The van der Waals surface area contributed by atoms with Gasteiger partial charge in [-0.2, -0.15) is 0 Å². The van der Waals surface area contributed by atoms with Gasteiger partial charge in [-0.1, -0.05) is 36.7 Å². The van der Waals surface area contributed by atoms with Crippen molar-refractivity contribution in [1.29, 1.82) is 0 Å².